The molecule has 6 rings (SSSR count). The van der Waals surface area contributed by atoms with E-state index < -0.39 is 56.9 Å². The minimum Gasteiger partial charge on any atom is -0.416 e. The highest BCUT2D eigenvalue weighted by molar-refractivity contribution is 6.79. The van der Waals surface area contributed by atoms with Crippen LogP contribution in [-0.2, 0) is 43.4 Å². The van der Waals surface area contributed by atoms with Gasteiger partial charge in [0.25, 0.3) is 23.6 Å². The number of hydrogen-bond acceptors (Lipinski definition) is 8. The van der Waals surface area contributed by atoms with Gasteiger partial charge in [0.15, 0.2) is 33.3 Å². The van der Waals surface area contributed by atoms with Crippen molar-refractivity contribution in [3.05, 3.63) is 93.0 Å². The average molecular weight is 1220 g/mol. The van der Waals surface area contributed by atoms with Gasteiger partial charge < -0.3 is 17.7 Å². The number of hydrogen-bond donors (Lipinski definition) is 0. The predicted octanol–water partition coefficient (Wildman–Crippen LogP) is 18.8. The van der Waals surface area contributed by atoms with Gasteiger partial charge in [-0.25, -0.2) is 0 Å². The zero-order valence-electron chi connectivity index (χ0n) is 56.8. The summed E-state index contributed by atoms with van der Waals surface area (Å²) in [6.07, 6.45) is 1.96. The van der Waals surface area contributed by atoms with Crippen LogP contribution in [0.3, 0.4) is 0 Å². The molecule has 466 valence electrons. The van der Waals surface area contributed by atoms with Crippen LogP contribution < -0.4 is 0 Å². The summed E-state index contributed by atoms with van der Waals surface area (Å²) in [6.45, 7) is 56.2. The summed E-state index contributed by atoms with van der Waals surface area (Å²) in [6, 6.07) is 16.3. The van der Waals surface area contributed by atoms with Gasteiger partial charge in [-0.05, 0) is 125 Å². The summed E-state index contributed by atoms with van der Waals surface area (Å²) in [5.41, 5.74) is 9.93. The van der Waals surface area contributed by atoms with E-state index >= 15 is 19.2 Å². The first kappa shape index (κ1) is 69.5. The highest BCUT2D eigenvalue weighted by atomic mass is 28.4. The lowest BCUT2D eigenvalue weighted by molar-refractivity contribution is 0.0512. The molecule has 0 spiro atoms. The molecule has 4 aromatic carbocycles. The largest absolute Gasteiger partial charge is 0.416 e. The Labute approximate surface area is 513 Å². The molecule has 2 heterocycles. The van der Waals surface area contributed by atoms with Gasteiger partial charge in [0.2, 0.25) is 0 Å². The summed E-state index contributed by atoms with van der Waals surface area (Å²) in [7, 11) is -9.04. The molecule has 2 aliphatic heterocycles. The minimum atomic E-state index is -2.26. The van der Waals surface area contributed by atoms with Crippen LogP contribution in [0, 0.1) is 0 Å². The molecule has 0 unspecified atom stereocenters. The van der Waals surface area contributed by atoms with Crippen molar-refractivity contribution in [3.8, 4) is 0 Å². The Morgan fingerprint density at radius 2 is 0.452 bits per heavy atom. The molecule has 0 N–H and O–H groups in total. The van der Waals surface area contributed by atoms with Crippen molar-refractivity contribution < 1.29 is 36.9 Å². The Morgan fingerprint density at radius 3 is 0.607 bits per heavy atom. The minimum absolute atomic E-state index is 0.175. The van der Waals surface area contributed by atoms with Gasteiger partial charge in [-0.15, -0.1) is 0 Å². The van der Waals surface area contributed by atoms with E-state index in [-0.39, 0.29) is 13.1 Å². The first-order chi connectivity index (χ1) is 39.3. The van der Waals surface area contributed by atoms with Gasteiger partial charge in [0.05, 0.1) is 22.3 Å². The van der Waals surface area contributed by atoms with Crippen LogP contribution in [0.25, 0.3) is 21.5 Å². The smallest absolute Gasteiger partial charge is 0.261 e. The van der Waals surface area contributed by atoms with Crippen LogP contribution in [0.5, 0.6) is 0 Å². The molecule has 10 nitrogen and oxygen atoms in total. The molecule has 0 atom stereocenters. The first-order valence-electron chi connectivity index (χ1n) is 32.7. The van der Waals surface area contributed by atoms with Crippen molar-refractivity contribution in [1.29, 1.82) is 0 Å². The average Bonchev–Trinajstić information content (AvgIpc) is 1.22. The predicted molar refractivity (Wildman–Crippen MR) is 361 cm³/mol. The lowest BCUT2D eigenvalue weighted by Crippen LogP contribution is -2.50. The first-order valence-corrected chi connectivity index (χ1v) is 41.3. The van der Waals surface area contributed by atoms with Crippen LogP contribution in [0.2, 0.25) is 66.5 Å². The fourth-order valence-electron chi connectivity index (χ4n) is 17.5. The van der Waals surface area contributed by atoms with Crippen LogP contribution in [-0.4, -0.2) is 106 Å². The van der Waals surface area contributed by atoms with Crippen LogP contribution >= 0.6 is 0 Å². The van der Waals surface area contributed by atoms with Gasteiger partial charge in [-0.3, -0.25) is 29.0 Å². The molecule has 4 aromatic rings. The van der Waals surface area contributed by atoms with E-state index in [0.29, 0.717) is 152 Å². The highest BCUT2D eigenvalue weighted by Crippen LogP contribution is 2.47. The lowest BCUT2D eigenvalue weighted by Gasteiger charge is -2.42. The Hall–Kier alpha value is -3.61. The van der Waals surface area contributed by atoms with Gasteiger partial charge in [-0.1, -0.05) is 215 Å². The quantitative estimate of drug-likeness (QED) is 0.0362. The van der Waals surface area contributed by atoms with Crippen molar-refractivity contribution in [2.24, 2.45) is 0 Å². The molecular weight excluding hydrogens is 1110 g/mol. The second-order valence-corrected chi connectivity index (χ2v) is 50.6. The Balaban J connectivity index is 1.46. The molecule has 0 aliphatic carbocycles. The second-order valence-electron chi connectivity index (χ2n) is 28.8. The molecule has 0 fully saturated rings. The van der Waals surface area contributed by atoms with Gasteiger partial charge in [-0.2, -0.15) is 0 Å². The number of benzene rings is 4. The Bertz CT molecular complexity index is 2520. The van der Waals surface area contributed by atoms with E-state index in [1.807, 2.05) is 48.5 Å². The van der Waals surface area contributed by atoms with E-state index in [9.17, 15) is 0 Å². The van der Waals surface area contributed by atoms with Crippen molar-refractivity contribution in [2.45, 2.75) is 258 Å². The monoisotopic (exact) mass is 1220 g/mol. The third-order valence-corrected chi connectivity index (χ3v) is 45.3. The molecule has 0 saturated heterocycles. The molecule has 14 heteroatoms. The number of carbonyl (C=O) groups excluding carboxylic acids is 4. The SMILES string of the molecule is CC(C)[Si](OCCc1ccc2ccc(CCO[Si](C(C)C)(C(C)C)C(C)C)c3c2c1C(=O)N(CCN1C(=O)c2c(CCO[Si](C(C)C)(C(C)C)C(C)C)ccc4ccc(CCO[Si](C(C)C)(C(C)C)C(C)C)c(c24)C1=O)C3=O)(C(C)C)C(C)C. The van der Waals surface area contributed by atoms with Crippen LogP contribution in [0.15, 0.2) is 48.5 Å². The normalized spacial score (nSPS) is 15.0. The summed E-state index contributed by atoms with van der Waals surface area (Å²) in [5, 5.41) is 2.98. The van der Waals surface area contributed by atoms with E-state index in [2.05, 4.69) is 166 Å². The summed E-state index contributed by atoms with van der Waals surface area (Å²) in [4.78, 5) is 65.2. The molecule has 2 aliphatic rings. The number of carbonyl (C=O) groups is 4. The van der Waals surface area contributed by atoms with Gasteiger partial charge in [0.1, 0.15) is 0 Å². The molecule has 4 amide bonds. The topological polar surface area (TPSA) is 112 Å². The molecule has 0 saturated carbocycles. The second kappa shape index (κ2) is 27.8. The van der Waals surface area contributed by atoms with Crippen molar-refractivity contribution in [1.82, 2.24) is 9.80 Å². The van der Waals surface area contributed by atoms with Crippen LogP contribution in [0.4, 0.5) is 0 Å². The fraction of sp³-hybridized carbons (Fsp3) is 0.657. The number of imide groups is 2. The maximum atomic E-state index is 15.6. The molecule has 0 radical (unpaired) electrons. The maximum Gasteiger partial charge on any atom is 0.261 e. The van der Waals surface area contributed by atoms with E-state index in [1.54, 1.807) is 0 Å². The number of nitrogens with zero attached hydrogens (tertiary/aromatic N) is 2. The standard InChI is InChI=1S/C70H112N2O8Si4/c1-43(2)81(44(3)4,45(5)6)77-39-33-57-29-25-55-26-30-58(34-40-78-82(46(7)8,47(9)10)48(11)12)64-61(55)63(57)67(73)71(68(64)74)37-38-72-69(75)65-59(35-41-79-83(49(13)14,50(15)16)51(17)18)31-27-56-28-32-60(66(62(56)65)70(72)76)36-42-80-84(52(19)20,53(21)22)54(23)24/h25-32,43-54H,33-42H2,1-24H3. The highest BCUT2D eigenvalue weighted by Gasteiger charge is 2.49. The summed E-state index contributed by atoms with van der Waals surface area (Å²) < 4.78 is 28.5. The van der Waals surface area contributed by atoms with Crippen molar-refractivity contribution in [2.75, 3.05) is 39.5 Å². The van der Waals surface area contributed by atoms with Gasteiger partial charge >= 0.3 is 0 Å². The zero-order chi connectivity index (χ0) is 62.9. The summed E-state index contributed by atoms with van der Waals surface area (Å²) in [5.74, 6) is -1.65. The third-order valence-electron chi connectivity index (χ3n) is 20.8. The van der Waals surface area contributed by atoms with E-state index in [1.165, 1.54) is 9.80 Å². The molecule has 84 heavy (non-hydrogen) atoms. The van der Waals surface area contributed by atoms with E-state index in [0.717, 1.165) is 33.0 Å². The molecular formula is C70H112N2O8Si4. The lowest BCUT2D eigenvalue weighted by atomic mass is 9.86. The third kappa shape index (κ3) is 12.6. The van der Waals surface area contributed by atoms with Crippen molar-refractivity contribution in [3.63, 3.8) is 0 Å². The molecule has 0 bridgehead atoms. The maximum absolute atomic E-state index is 15.6. The zero-order valence-corrected chi connectivity index (χ0v) is 60.8. The Morgan fingerprint density at radius 1 is 0.286 bits per heavy atom. The van der Waals surface area contributed by atoms with E-state index in [4.69, 9.17) is 17.7 Å². The van der Waals surface area contributed by atoms with Crippen LogP contribution in [0.1, 0.15) is 230 Å². The number of rotatable bonds is 31. The molecule has 0 aromatic heterocycles. The summed E-state index contributed by atoms with van der Waals surface area (Å²) >= 11 is 0. The van der Waals surface area contributed by atoms with Crippen molar-refractivity contribution >= 4 is 78.4 Å². The number of amides is 4. The van der Waals surface area contributed by atoms with Gasteiger partial charge in [0, 0.05) is 50.3 Å². The Kier molecular flexibility index (Phi) is 23.0. The fourth-order valence-corrected chi connectivity index (χ4v) is 39.3.